The standard InChI is InChI=1S/C25H20N6OS2/c1-16(23(32)19(15-26)24-27-20-11-5-6-12-21(20)28-24)34-25-30-29-22(14-18-10-7-13-33-18)31(25)17-8-3-2-4-9-17/h2-13,16,32H,14H2,1H3,(H,27,28)/b23-19-. The number of aliphatic hydroxyl groups is 1. The summed E-state index contributed by atoms with van der Waals surface area (Å²) in [6.45, 7) is 1.84. The molecule has 0 saturated heterocycles. The second-order valence-electron chi connectivity index (χ2n) is 7.56. The number of hydrogen-bond donors (Lipinski definition) is 2. The van der Waals surface area contributed by atoms with Crippen molar-refractivity contribution in [2.24, 2.45) is 0 Å². The smallest absolute Gasteiger partial charge is 0.196 e. The first kappa shape index (κ1) is 21.9. The molecule has 7 nitrogen and oxygen atoms in total. The molecule has 3 aromatic heterocycles. The maximum absolute atomic E-state index is 11.0. The zero-order valence-corrected chi connectivity index (χ0v) is 19.8. The van der Waals surface area contributed by atoms with Gasteiger partial charge < -0.3 is 10.1 Å². The molecule has 0 fully saturated rings. The Kier molecular flexibility index (Phi) is 6.16. The lowest BCUT2D eigenvalue weighted by Crippen LogP contribution is -2.08. The van der Waals surface area contributed by atoms with Crippen molar-refractivity contribution in [1.82, 2.24) is 24.7 Å². The Bertz CT molecular complexity index is 1460. The van der Waals surface area contributed by atoms with Gasteiger partial charge in [0.25, 0.3) is 0 Å². The van der Waals surface area contributed by atoms with Crippen molar-refractivity contribution in [3.63, 3.8) is 0 Å². The number of nitriles is 1. The SMILES string of the molecule is CC(Sc1nnc(Cc2cccs2)n1-c1ccccc1)/C(O)=C(\C#N)c1nc2ccccc2[nH]1. The third kappa shape index (κ3) is 4.33. The third-order valence-electron chi connectivity index (χ3n) is 5.29. The monoisotopic (exact) mass is 484 g/mol. The predicted octanol–water partition coefficient (Wildman–Crippen LogP) is 5.77. The quantitative estimate of drug-likeness (QED) is 0.173. The van der Waals surface area contributed by atoms with E-state index in [4.69, 9.17) is 0 Å². The minimum absolute atomic E-state index is 0.0611. The van der Waals surface area contributed by atoms with Crippen molar-refractivity contribution in [1.29, 1.82) is 5.26 Å². The van der Waals surface area contributed by atoms with Gasteiger partial charge in [0.2, 0.25) is 0 Å². The molecule has 0 aliphatic heterocycles. The molecule has 2 N–H and O–H groups in total. The Labute approximate surface area is 204 Å². The number of para-hydroxylation sites is 3. The Hall–Kier alpha value is -3.87. The van der Waals surface area contributed by atoms with E-state index in [9.17, 15) is 10.4 Å². The molecule has 0 spiro atoms. The number of rotatable bonds is 7. The Morgan fingerprint density at radius 1 is 1.12 bits per heavy atom. The average Bonchev–Trinajstić information content (AvgIpc) is 3.60. The van der Waals surface area contributed by atoms with Crippen LogP contribution in [0.1, 0.15) is 23.4 Å². The van der Waals surface area contributed by atoms with E-state index in [0.29, 0.717) is 17.4 Å². The molecule has 5 rings (SSSR count). The zero-order valence-electron chi connectivity index (χ0n) is 18.2. The summed E-state index contributed by atoms with van der Waals surface area (Å²) < 4.78 is 2.00. The van der Waals surface area contributed by atoms with Gasteiger partial charge in [-0.2, -0.15) is 5.26 Å². The molecule has 168 valence electrons. The fourth-order valence-electron chi connectivity index (χ4n) is 3.62. The number of aromatic nitrogens is 5. The first-order chi connectivity index (χ1) is 16.6. The number of benzene rings is 2. The number of thiophene rings is 1. The summed E-state index contributed by atoms with van der Waals surface area (Å²) in [6, 6.07) is 23.6. The zero-order chi connectivity index (χ0) is 23.5. The summed E-state index contributed by atoms with van der Waals surface area (Å²) in [5.74, 6) is 1.09. The number of imidazole rings is 1. The molecule has 1 atom stereocenters. The van der Waals surface area contributed by atoms with Crippen LogP contribution in [0.15, 0.2) is 83.0 Å². The number of fused-ring (bicyclic) bond motifs is 1. The molecule has 0 radical (unpaired) electrons. The van der Waals surface area contributed by atoms with Gasteiger partial charge in [-0.1, -0.05) is 48.2 Å². The van der Waals surface area contributed by atoms with Crippen LogP contribution in [0.5, 0.6) is 0 Å². The minimum Gasteiger partial charge on any atom is -0.510 e. The minimum atomic E-state index is -0.455. The fourth-order valence-corrected chi connectivity index (χ4v) is 5.27. The van der Waals surface area contributed by atoms with Crippen molar-refractivity contribution in [3.8, 4) is 11.8 Å². The van der Waals surface area contributed by atoms with Crippen LogP contribution in [-0.2, 0) is 6.42 Å². The molecule has 3 heterocycles. The van der Waals surface area contributed by atoms with Crippen LogP contribution >= 0.6 is 23.1 Å². The van der Waals surface area contributed by atoms with Crippen molar-refractivity contribution in [3.05, 3.63) is 94.4 Å². The van der Waals surface area contributed by atoms with Crippen molar-refractivity contribution >= 4 is 39.7 Å². The molecule has 0 saturated carbocycles. The number of allylic oxidation sites excluding steroid dienone is 1. The van der Waals surface area contributed by atoms with E-state index in [1.165, 1.54) is 16.6 Å². The molecule has 34 heavy (non-hydrogen) atoms. The van der Waals surface area contributed by atoms with Gasteiger partial charge in [0.15, 0.2) is 11.0 Å². The first-order valence-corrected chi connectivity index (χ1v) is 12.4. The molecule has 0 bridgehead atoms. The van der Waals surface area contributed by atoms with Gasteiger partial charge >= 0.3 is 0 Å². The van der Waals surface area contributed by atoms with E-state index in [-0.39, 0.29) is 11.3 Å². The second kappa shape index (κ2) is 9.55. The van der Waals surface area contributed by atoms with Gasteiger partial charge in [0.1, 0.15) is 23.2 Å². The van der Waals surface area contributed by atoms with E-state index in [1.807, 2.05) is 77.5 Å². The number of thioether (sulfide) groups is 1. The maximum Gasteiger partial charge on any atom is 0.196 e. The molecular formula is C25H20N6OS2. The largest absolute Gasteiger partial charge is 0.510 e. The summed E-state index contributed by atoms with van der Waals surface area (Å²) in [5.41, 5.74) is 2.59. The van der Waals surface area contributed by atoms with Crippen molar-refractivity contribution in [2.75, 3.05) is 0 Å². The summed E-state index contributed by atoms with van der Waals surface area (Å²) in [7, 11) is 0. The van der Waals surface area contributed by atoms with E-state index in [0.717, 1.165) is 22.5 Å². The predicted molar refractivity (Wildman–Crippen MR) is 135 cm³/mol. The van der Waals surface area contributed by atoms with Crippen molar-refractivity contribution in [2.45, 2.75) is 23.8 Å². The van der Waals surface area contributed by atoms with E-state index in [2.05, 4.69) is 32.3 Å². The van der Waals surface area contributed by atoms with E-state index >= 15 is 0 Å². The number of nitrogens with one attached hydrogen (secondary N) is 1. The number of aliphatic hydroxyl groups excluding tert-OH is 1. The Balaban J connectivity index is 1.49. The summed E-state index contributed by atoms with van der Waals surface area (Å²) in [6.07, 6.45) is 0.652. The topological polar surface area (TPSA) is 103 Å². The first-order valence-electron chi connectivity index (χ1n) is 10.6. The fraction of sp³-hybridized carbons (Fsp3) is 0.120. The highest BCUT2D eigenvalue weighted by Crippen LogP contribution is 2.32. The lowest BCUT2D eigenvalue weighted by Gasteiger charge is -2.14. The highest BCUT2D eigenvalue weighted by atomic mass is 32.2. The highest BCUT2D eigenvalue weighted by molar-refractivity contribution is 7.99. The normalized spacial score (nSPS) is 12.9. The van der Waals surface area contributed by atoms with Gasteiger partial charge in [0, 0.05) is 17.0 Å². The molecule has 9 heteroatoms. The second-order valence-corrected chi connectivity index (χ2v) is 9.90. The van der Waals surface area contributed by atoms with Crippen LogP contribution in [-0.4, -0.2) is 35.1 Å². The number of H-pyrrole nitrogens is 1. The van der Waals surface area contributed by atoms with E-state index in [1.54, 1.807) is 11.3 Å². The highest BCUT2D eigenvalue weighted by Gasteiger charge is 2.23. The van der Waals surface area contributed by atoms with Gasteiger partial charge in [-0.25, -0.2) is 4.98 Å². The molecule has 1 unspecified atom stereocenters. The van der Waals surface area contributed by atoms with Crippen LogP contribution in [0.2, 0.25) is 0 Å². The van der Waals surface area contributed by atoms with Gasteiger partial charge in [-0.15, -0.1) is 21.5 Å². The lowest BCUT2D eigenvalue weighted by molar-refractivity contribution is 0.401. The molecular weight excluding hydrogens is 464 g/mol. The number of nitrogens with zero attached hydrogens (tertiary/aromatic N) is 5. The van der Waals surface area contributed by atoms with Gasteiger partial charge in [-0.3, -0.25) is 4.57 Å². The average molecular weight is 485 g/mol. The summed E-state index contributed by atoms with van der Waals surface area (Å²) >= 11 is 3.02. The summed E-state index contributed by atoms with van der Waals surface area (Å²) in [5, 5.41) is 31.9. The molecule has 2 aromatic carbocycles. The third-order valence-corrected chi connectivity index (χ3v) is 7.22. The van der Waals surface area contributed by atoms with Gasteiger partial charge in [-0.05, 0) is 42.6 Å². The summed E-state index contributed by atoms with van der Waals surface area (Å²) in [4.78, 5) is 8.78. The number of aromatic amines is 1. The van der Waals surface area contributed by atoms with Crippen LogP contribution in [0.4, 0.5) is 0 Å². The van der Waals surface area contributed by atoms with Crippen LogP contribution in [0.3, 0.4) is 0 Å². The van der Waals surface area contributed by atoms with Crippen molar-refractivity contribution < 1.29 is 5.11 Å². The molecule has 0 aliphatic rings. The molecule has 0 aliphatic carbocycles. The lowest BCUT2D eigenvalue weighted by atomic mass is 10.2. The maximum atomic E-state index is 11.0. The van der Waals surface area contributed by atoms with E-state index < -0.39 is 5.25 Å². The molecule has 5 aromatic rings. The van der Waals surface area contributed by atoms with Crippen LogP contribution < -0.4 is 0 Å². The Morgan fingerprint density at radius 3 is 2.65 bits per heavy atom. The van der Waals surface area contributed by atoms with Gasteiger partial charge in [0.05, 0.1) is 16.3 Å². The number of hydrogen-bond acceptors (Lipinski definition) is 7. The van der Waals surface area contributed by atoms with Crippen LogP contribution in [0.25, 0.3) is 22.3 Å². The molecule has 0 amide bonds. The Morgan fingerprint density at radius 2 is 1.91 bits per heavy atom. The van der Waals surface area contributed by atoms with Crippen LogP contribution in [0, 0.1) is 11.3 Å².